The van der Waals surface area contributed by atoms with E-state index < -0.39 is 5.91 Å². The van der Waals surface area contributed by atoms with Crippen molar-refractivity contribution in [2.75, 3.05) is 43.6 Å². The molecule has 164 valence electrons. The molecule has 1 aliphatic heterocycles. The van der Waals surface area contributed by atoms with Crippen LogP contribution in [-0.2, 0) is 16.1 Å². The summed E-state index contributed by atoms with van der Waals surface area (Å²) in [6.07, 6.45) is 3.17. The highest BCUT2D eigenvalue weighted by molar-refractivity contribution is 7.99. The molecular weight excluding hydrogens is 414 g/mol. The van der Waals surface area contributed by atoms with E-state index >= 15 is 0 Å². The van der Waals surface area contributed by atoms with Gasteiger partial charge in [0, 0.05) is 42.9 Å². The first kappa shape index (κ1) is 22.7. The fourth-order valence-corrected chi connectivity index (χ4v) is 4.16. The van der Waals surface area contributed by atoms with Crippen molar-refractivity contribution in [1.82, 2.24) is 4.90 Å². The van der Waals surface area contributed by atoms with Crippen molar-refractivity contribution in [3.63, 3.8) is 0 Å². The number of hydrogen-bond acceptors (Lipinski definition) is 6. The highest BCUT2D eigenvalue weighted by atomic mass is 32.2. The number of carbonyl (C=O) groups excluding carboxylic acids is 2. The topological polar surface area (TPSA) is 93.9 Å². The number of nitrogens with one attached hydrogen (secondary N) is 1. The Kier molecular flexibility index (Phi) is 8.37. The van der Waals surface area contributed by atoms with Gasteiger partial charge in [-0.1, -0.05) is 24.3 Å². The summed E-state index contributed by atoms with van der Waals surface area (Å²) in [6.45, 7) is 2.72. The average molecular weight is 442 g/mol. The van der Waals surface area contributed by atoms with Gasteiger partial charge in [-0.3, -0.25) is 14.5 Å². The molecule has 7 nitrogen and oxygen atoms in total. The SMILES string of the molecule is COc1cc(/C=C/C(=O)Nc2ccccc2CN2CCSCC2)ccc1OCC(N)=O. The Morgan fingerprint density at radius 3 is 2.68 bits per heavy atom. The first-order valence-corrected chi connectivity index (χ1v) is 11.2. The predicted molar refractivity (Wildman–Crippen MR) is 124 cm³/mol. The molecule has 3 rings (SSSR count). The third kappa shape index (κ3) is 7.04. The molecule has 31 heavy (non-hydrogen) atoms. The summed E-state index contributed by atoms with van der Waals surface area (Å²) in [5, 5.41) is 2.98. The number of nitrogens with two attached hydrogens (primary N) is 1. The maximum absolute atomic E-state index is 12.5. The lowest BCUT2D eigenvalue weighted by molar-refractivity contribution is -0.120. The first-order chi connectivity index (χ1) is 15.0. The zero-order valence-electron chi connectivity index (χ0n) is 17.5. The Hall–Kier alpha value is -2.97. The normalized spacial score (nSPS) is 14.4. The van der Waals surface area contributed by atoms with Crippen LogP contribution in [0, 0.1) is 0 Å². The lowest BCUT2D eigenvalue weighted by atomic mass is 10.1. The largest absolute Gasteiger partial charge is 0.493 e. The van der Waals surface area contributed by atoms with Gasteiger partial charge in [0.05, 0.1) is 7.11 Å². The Morgan fingerprint density at radius 1 is 1.16 bits per heavy atom. The summed E-state index contributed by atoms with van der Waals surface area (Å²) in [4.78, 5) is 25.8. The number of methoxy groups -OCH3 is 1. The number of anilines is 1. The van der Waals surface area contributed by atoms with E-state index in [2.05, 4.69) is 16.3 Å². The van der Waals surface area contributed by atoms with E-state index in [1.807, 2.05) is 30.0 Å². The number of amides is 2. The Balaban J connectivity index is 1.63. The van der Waals surface area contributed by atoms with Crippen LogP contribution >= 0.6 is 11.8 Å². The smallest absolute Gasteiger partial charge is 0.255 e. The van der Waals surface area contributed by atoms with Gasteiger partial charge in [0.1, 0.15) is 0 Å². The molecule has 1 saturated heterocycles. The Morgan fingerprint density at radius 2 is 1.94 bits per heavy atom. The third-order valence-electron chi connectivity index (χ3n) is 4.76. The molecular formula is C23H27N3O4S. The molecule has 0 aromatic heterocycles. The summed E-state index contributed by atoms with van der Waals surface area (Å²) in [5.74, 6) is 2.37. The number of hydrogen-bond donors (Lipinski definition) is 2. The highest BCUT2D eigenvalue weighted by Crippen LogP contribution is 2.28. The van der Waals surface area contributed by atoms with Crippen LogP contribution in [0.2, 0.25) is 0 Å². The van der Waals surface area contributed by atoms with Crippen molar-refractivity contribution in [3.05, 3.63) is 59.7 Å². The average Bonchev–Trinajstić information content (AvgIpc) is 2.78. The molecule has 8 heteroatoms. The number of thioether (sulfide) groups is 1. The van der Waals surface area contributed by atoms with Crippen molar-refractivity contribution in [2.45, 2.75) is 6.54 Å². The van der Waals surface area contributed by atoms with Gasteiger partial charge in [-0.25, -0.2) is 0 Å². The van der Waals surface area contributed by atoms with E-state index in [0.29, 0.717) is 11.5 Å². The third-order valence-corrected chi connectivity index (χ3v) is 5.70. The lowest BCUT2D eigenvalue weighted by Crippen LogP contribution is -2.32. The highest BCUT2D eigenvalue weighted by Gasteiger charge is 2.13. The summed E-state index contributed by atoms with van der Waals surface area (Å²) >= 11 is 1.98. The molecule has 3 N–H and O–H groups in total. The van der Waals surface area contributed by atoms with Gasteiger partial charge in [0.15, 0.2) is 18.1 Å². The lowest BCUT2D eigenvalue weighted by Gasteiger charge is -2.27. The van der Waals surface area contributed by atoms with Gasteiger partial charge in [-0.15, -0.1) is 0 Å². The van der Waals surface area contributed by atoms with Gasteiger partial charge in [-0.2, -0.15) is 11.8 Å². The van der Waals surface area contributed by atoms with E-state index in [-0.39, 0.29) is 12.5 Å². The van der Waals surface area contributed by atoms with Crippen LogP contribution < -0.4 is 20.5 Å². The van der Waals surface area contributed by atoms with Crippen molar-refractivity contribution in [2.24, 2.45) is 5.73 Å². The first-order valence-electron chi connectivity index (χ1n) is 10.0. The quantitative estimate of drug-likeness (QED) is 0.581. The fourth-order valence-electron chi connectivity index (χ4n) is 3.18. The minimum absolute atomic E-state index is 0.213. The zero-order chi connectivity index (χ0) is 22.1. The van der Waals surface area contributed by atoms with E-state index in [1.165, 1.54) is 13.2 Å². The van der Waals surface area contributed by atoms with Crippen molar-refractivity contribution >= 4 is 35.3 Å². The molecule has 1 fully saturated rings. The maximum Gasteiger partial charge on any atom is 0.255 e. The minimum Gasteiger partial charge on any atom is -0.493 e. The molecule has 0 bridgehead atoms. The van der Waals surface area contributed by atoms with Gasteiger partial charge >= 0.3 is 0 Å². The van der Waals surface area contributed by atoms with Crippen LogP contribution in [0.5, 0.6) is 11.5 Å². The standard InChI is InChI=1S/C23H27N3O4S/c1-29-21-14-17(6-8-20(21)30-16-22(24)27)7-9-23(28)25-19-5-3-2-4-18(19)15-26-10-12-31-13-11-26/h2-9,14H,10-13,15-16H2,1H3,(H2,24,27)(H,25,28)/b9-7+. The van der Waals surface area contributed by atoms with Crippen LogP contribution in [0.4, 0.5) is 5.69 Å². The van der Waals surface area contributed by atoms with E-state index in [9.17, 15) is 9.59 Å². The van der Waals surface area contributed by atoms with E-state index in [4.69, 9.17) is 15.2 Å². The number of benzene rings is 2. The zero-order valence-corrected chi connectivity index (χ0v) is 18.3. The molecule has 2 aromatic rings. The molecule has 0 atom stereocenters. The molecule has 1 aliphatic rings. The molecule has 0 radical (unpaired) electrons. The summed E-state index contributed by atoms with van der Waals surface area (Å²) in [7, 11) is 1.50. The van der Waals surface area contributed by atoms with Crippen molar-refractivity contribution in [3.8, 4) is 11.5 Å². The Bertz CT molecular complexity index is 942. The molecule has 2 amide bonds. The minimum atomic E-state index is -0.567. The second-order valence-electron chi connectivity index (χ2n) is 7.03. The fraction of sp³-hybridized carbons (Fsp3) is 0.304. The summed E-state index contributed by atoms with van der Waals surface area (Å²) < 4.78 is 10.6. The maximum atomic E-state index is 12.5. The van der Waals surface area contributed by atoms with E-state index in [1.54, 1.807) is 24.3 Å². The second-order valence-corrected chi connectivity index (χ2v) is 8.26. The predicted octanol–water partition coefficient (Wildman–Crippen LogP) is 2.76. The number of rotatable bonds is 9. The molecule has 0 spiro atoms. The van der Waals surface area contributed by atoms with Crippen LogP contribution in [0.1, 0.15) is 11.1 Å². The molecule has 0 saturated carbocycles. The Labute approximate surface area is 186 Å². The number of primary amides is 1. The van der Waals surface area contributed by atoms with Crippen LogP contribution in [0.25, 0.3) is 6.08 Å². The van der Waals surface area contributed by atoms with Crippen molar-refractivity contribution in [1.29, 1.82) is 0 Å². The van der Waals surface area contributed by atoms with Crippen LogP contribution in [-0.4, -0.2) is 55.0 Å². The summed E-state index contributed by atoms with van der Waals surface area (Å²) in [5.41, 5.74) is 7.79. The summed E-state index contributed by atoms with van der Waals surface area (Å²) in [6, 6.07) is 13.1. The van der Waals surface area contributed by atoms with Crippen molar-refractivity contribution < 1.29 is 19.1 Å². The van der Waals surface area contributed by atoms with E-state index in [0.717, 1.165) is 48.0 Å². The van der Waals surface area contributed by atoms with Gasteiger partial charge in [0.25, 0.3) is 5.91 Å². The number of ether oxygens (including phenoxy) is 2. The van der Waals surface area contributed by atoms with Gasteiger partial charge < -0.3 is 20.5 Å². The van der Waals surface area contributed by atoms with Crippen LogP contribution in [0.15, 0.2) is 48.5 Å². The second kappa shape index (κ2) is 11.4. The van der Waals surface area contributed by atoms with Crippen LogP contribution in [0.3, 0.4) is 0 Å². The number of para-hydroxylation sites is 1. The number of nitrogens with zero attached hydrogens (tertiary/aromatic N) is 1. The molecule has 0 unspecified atom stereocenters. The molecule has 2 aromatic carbocycles. The molecule has 0 aliphatic carbocycles. The molecule has 1 heterocycles. The monoisotopic (exact) mass is 441 g/mol. The number of carbonyl (C=O) groups is 2. The van der Waals surface area contributed by atoms with Gasteiger partial charge in [0.2, 0.25) is 5.91 Å². The van der Waals surface area contributed by atoms with Gasteiger partial charge in [-0.05, 0) is 35.4 Å².